The average Bonchev–Trinajstić information content (AvgIpc) is 2.78. The van der Waals surface area contributed by atoms with Crippen molar-refractivity contribution in [3.05, 3.63) is 40.0 Å². The number of sulfonamides is 1. The summed E-state index contributed by atoms with van der Waals surface area (Å²) in [6, 6.07) is 7.52. The van der Waals surface area contributed by atoms with Crippen molar-refractivity contribution in [1.82, 2.24) is 19.7 Å². The Morgan fingerprint density at radius 3 is 2.43 bits per heavy atom. The summed E-state index contributed by atoms with van der Waals surface area (Å²) in [6.45, 7) is 3.88. The number of aryl methyl sites for hydroxylation is 2. The zero-order valence-corrected chi connectivity index (χ0v) is 14.4. The number of benzene rings is 1. The minimum Gasteiger partial charge on any atom is -0.235 e. The third-order valence-electron chi connectivity index (χ3n) is 3.21. The van der Waals surface area contributed by atoms with Gasteiger partial charge in [-0.25, -0.2) is 17.8 Å². The molecule has 6 nitrogen and oxygen atoms in total. The Labute approximate surface area is 132 Å². The van der Waals surface area contributed by atoms with Crippen molar-refractivity contribution in [3.8, 4) is 0 Å². The van der Waals surface area contributed by atoms with Crippen LogP contribution in [0, 0.1) is 0 Å². The van der Waals surface area contributed by atoms with E-state index >= 15 is 0 Å². The first-order valence-corrected chi connectivity index (χ1v) is 8.79. The fourth-order valence-corrected chi connectivity index (χ4v) is 4.33. The Kier molecular flexibility index (Phi) is 4.80. The predicted octanol–water partition coefficient (Wildman–Crippen LogP) is 2.18. The molecule has 21 heavy (non-hydrogen) atoms. The monoisotopic (exact) mass is 372 g/mol. The molecule has 0 saturated heterocycles. The molecule has 1 unspecified atom stereocenters. The Morgan fingerprint density at radius 1 is 1.33 bits per heavy atom. The van der Waals surface area contributed by atoms with Crippen LogP contribution in [-0.4, -0.2) is 23.4 Å². The molecular formula is C13H17BrN4O2S. The summed E-state index contributed by atoms with van der Waals surface area (Å²) in [5, 5.41) is 7.39. The molecule has 0 aliphatic rings. The van der Waals surface area contributed by atoms with Gasteiger partial charge >= 0.3 is 0 Å². The normalized spacial score (nSPS) is 13.3. The Bertz CT molecular complexity index is 706. The fourth-order valence-electron chi connectivity index (χ4n) is 2.01. The summed E-state index contributed by atoms with van der Waals surface area (Å²) >= 11 is 3.10. The molecule has 0 amide bonds. The van der Waals surface area contributed by atoms with Crippen LogP contribution in [0.5, 0.6) is 0 Å². The Morgan fingerprint density at radius 2 is 1.95 bits per heavy atom. The summed E-state index contributed by atoms with van der Waals surface area (Å²) in [4.78, 5) is 0. The van der Waals surface area contributed by atoms with Crippen molar-refractivity contribution >= 4 is 26.0 Å². The molecule has 2 rings (SSSR count). The number of halogens is 1. The van der Waals surface area contributed by atoms with Gasteiger partial charge in [0, 0.05) is 13.1 Å². The van der Waals surface area contributed by atoms with Crippen LogP contribution in [0.4, 0.5) is 0 Å². The average molecular weight is 373 g/mol. The lowest BCUT2D eigenvalue weighted by Gasteiger charge is -2.15. The molecule has 2 aromatic rings. The van der Waals surface area contributed by atoms with Crippen molar-refractivity contribution in [3.63, 3.8) is 0 Å². The zero-order chi connectivity index (χ0) is 15.6. The second-order valence-electron chi connectivity index (χ2n) is 4.75. The quantitative estimate of drug-likeness (QED) is 0.872. The van der Waals surface area contributed by atoms with E-state index in [0.29, 0.717) is 0 Å². The molecule has 0 aliphatic carbocycles. The van der Waals surface area contributed by atoms with Gasteiger partial charge in [0.25, 0.3) is 10.0 Å². The van der Waals surface area contributed by atoms with Crippen LogP contribution in [0.3, 0.4) is 0 Å². The molecule has 0 fully saturated rings. The van der Waals surface area contributed by atoms with Crippen LogP contribution in [0.25, 0.3) is 0 Å². The van der Waals surface area contributed by atoms with Crippen molar-refractivity contribution in [1.29, 1.82) is 0 Å². The second-order valence-corrected chi connectivity index (χ2v) is 7.13. The van der Waals surface area contributed by atoms with Gasteiger partial charge in [-0.05, 0) is 40.4 Å². The standard InChI is InChI=1S/C13H17BrN4O2S/c1-4-10-5-7-11(8-6-10)9(2)16-21(19,20)13-12(14)15-17-18(13)3/h5-9,16H,4H2,1-3H3. The van der Waals surface area contributed by atoms with Crippen molar-refractivity contribution in [2.24, 2.45) is 7.05 Å². The highest BCUT2D eigenvalue weighted by molar-refractivity contribution is 9.10. The topological polar surface area (TPSA) is 76.9 Å². The van der Waals surface area contributed by atoms with E-state index in [2.05, 4.69) is 37.9 Å². The minimum atomic E-state index is -3.70. The van der Waals surface area contributed by atoms with Crippen molar-refractivity contribution < 1.29 is 8.42 Å². The molecule has 0 spiro atoms. The summed E-state index contributed by atoms with van der Waals surface area (Å²) in [5.74, 6) is 0. The highest BCUT2D eigenvalue weighted by Crippen LogP contribution is 2.21. The van der Waals surface area contributed by atoms with E-state index in [4.69, 9.17) is 0 Å². The molecule has 1 aromatic carbocycles. The molecule has 1 heterocycles. The molecule has 0 bridgehead atoms. The number of hydrogen-bond donors (Lipinski definition) is 1. The maximum absolute atomic E-state index is 12.4. The molecule has 0 radical (unpaired) electrons. The Hall–Kier alpha value is -1.25. The van der Waals surface area contributed by atoms with Gasteiger partial charge in [0.05, 0.1) is 0 Å². The molecular weight excluding hydrogens is 356 g/mol. The molecule has 8 heteroatoms. The van der Waals surface area contributed by atoms with E-state index < -0.39 is 10.0 Å². The summed E-state index contributed by atoms with van der Waals surface area (Å²) in [6.07, 6.45) is 0.952. The third kappa shape index (κ3) is 3.50. The Balaban J connectivity index is 2.23. The van der Waals surface area contributed by atoms with Gasteiger partial charge in [-0.15, -0.1) is 5.10 Å². The lowest BCUT2D eigenvalue weighted by atomic mass is 10.1. The van der Waals surface area contributed by atoms with Crippen LogP contribution in [0.2, 0.25) is 0 Å². The number of hydrogen-bond acceptors (Lipinski definition) is 4. The van der Waals surface area contributed by atoms with Gasteiger partial charge < -0.3 is 0 Å². The third-order valence-corrected chi connectivity index (χ3v) is 5.64. The first-order valence-electron chi connectivity index (χ1n) is 6.51. The van der Waals surface area contributed by atoms with Gasteiger partial charge in [0.15, 0.2) is 4.60 Å². The van der Waals surface area contributed by atoms with Gasteiger partial charge in [-0.3, -0.25) is 0 Å². The highest BCUT2D eigenvalue weighted by atomic mass is 79.9. The zero-order valence-electron chi connectivity index (χ0n) is 12.0. The van der Waals surface area contributed by atoms with Crippen LogP contribution in [-0.2, 0) is 23.5 Å². The van der Waals surface area contributed by atoms with Gasteiger partial charge in [-0.2, -0.15) is 0 Å². The maximum Gasteiger partial charge on any atom is 0.261 e. The first-order chi connectivity index (χ1) is 9.85. The van der Waals surface area contributed by atoms with E-state index in [9.17, 15) is 8.42 Å². The largest absolute Gasteiger partial charge is 0.261 e. The molecule has 1 aromatic heterocycles. The van der Waals surface area contributed by atoms with Gasteiger partial charge in [-0.1, -0.05) is 36.4 Å². The summed E-state index contributed by atoms with van der Waals surface area (Å²) < 4.78 is 28.9. The molecule has 1 atom stereocenters. The fraction of sp³-hybridized carbons (Fsp3) is 0.385. The van der Waals surface area contributed by atoms with Crippen LogP contribution < -0.4 is 4.72 Å². The SMILES string of the molecule is CCc1ccc(C(C)NS(=O)(=O)c2c(Br)nnn2C)cc1. The van der Waals surface area contributed by atoms with E-state index in [0.717, 1.165) is 12.0 Å². The number of nitrogens with one attached hydrogen (secondary N) is 1. The maximum atomic E-state index is 12.4. The highest BCUT2D eigenvalue weighted by Gasteiger charge is 2.25. The van der Waals surface area contributed by atoms with E-state index in [-0.39, 0.29) is 15.7 Å². The molecule has 114 valence electrons. The number of aromatic nitrogens is 3. The van der Waals surface area contributed by atoms with E-state index in [1.165, 1.54) is 17.3 Å². The number of nitrogens with zero attached hydrogens (tertiary/aromatic N) is 3. The number of rotatable bonds is 5. The molecule has 0 aliphatic heterocycles. The lowest BCUT2D eigenvalue weighted by molar-refractivity contribution is 0.548. The minimum absolute atomic E-state index is 0.0135. The van der Waals surface area contributed by atoms with Crippen molar-refractivity contribution in [2.75, 3.05) is 0 Å². The van der Waals surface area contributed by atoms with Crippen LogP contribution in [0.15, 0.2) is 33.9 Å². The van der Waals surface area contributed by atoms with Crippen LogP contribution in [0.1, 0.15) is 31.0 Å². The predicted molar refractivity (Wildman–Crippen MR) is 83.3 cm³/mol. The first kappa shape index (κ1) is 16.1. The van der Waals surface area contributed by atoms with Crippen LogP contribution >= 0.6 is 15.9 Å². The van der Waals surface area contributed by atoms with E-state index in [1.807, 2.05) is 24.3 Å². The van der Waals surface area contributed by atoms with E-state index in [1.54, 1.807) is 6.92 Å². The summed E-state index contributed by atoms with van der Waals surface area (Å²) in [7, 11) is -2.17. The second kappa shape index (κ2) is 6.25. The molecule has 0 saturated carbocycles. The van der Waals surface area contributed by atoms with Gasteiger partial charge in [0.2, 0.25) is 5.03 Å². The smallest absolute Gasteiger partial charge is 0.235 e. The summed E-state index contributed by atoms with van der Waals surface area (Å²) in [5.41, 5.74) is 2.12. The lowest BCUT2D eigenvalue weighted by Crippen LogP contribution is -2.28. The molecule has 1 N–H and O–H groups in total. The van der Waals surface area contributed by atoms with Crippen molar-refractivity contribution in [2.45, 2.75) is 31.3 Å². The van der Waals surface area contributed by atoms with Gasteiger partial charge in [0.1, 0.15) is 0 Å².